The van der Waals surface area contributed by atoms with Crippen molar-refractivity contribution in [2.24, 2.45) is 0 Å². The fraction of sp³-hybridized carbons (Fsp3) is 0.759. The lowest BCUT2D eigenvalue weighted by Gasteiger charge is -2.51. The number of aliphatic hydroxyl groups is 2. The van der Waals surface area contributed by atoms with E-state index >= 15 is 0 Å². The molecule has 0 spiro atoms. The van der Waals surface area contributed by atoms with E-state index < -0.39 is 23.4 Å². The first-order valence-electron chi connectivity index (χ1n) is 13.5. The Kier molecular flexibility index (Phi) is 8.59. The number of Topliss-reactive ketones (excluding diaryl/α,β-unsaturated/α-hetero) is 1. The molecule has 202 valence electrons. The second-order valence-corrected chi connectivity index (χ2v) is 11.6. The van der Waals surface area contributed by atoms with Crippen molar-refractivity contribution in [3.63, 3.8) is 0 Å². The van der Waals surface area contributed by atoms with Gasteiger partial charge in [-0.15, -0.1) is 0 Å². The maximum absolute atomic E-state index is 11.7. The molecule has 0 radical (unpaired) electrons. The van der Waals surface area contributed by atoms with Crippen molar-refractivity contribution in [1.29, 1.82) is 0 Å². The first kappa shape index (κ1) is 27.7. The molecule has 0 aromatic heterocycles. The van der Waals surface area contributed by atoms with Crippen LogP contribution in [-0.2, 0) is 23.7 Å². The van der Waals surface area contributed by atoms with E-state index in [1.165, 1.54) is 6.92 Å². The van der Waals surface area contributed by atoms with E-state index in [2.05, 4.69) is 20.1 Å². The summed E-state index contributed by atoms with van der Waals surface area (Å²) in [6.45, 7) is 13.0. The Morgan fingerprint density at radius 1 is 1.08 bits per heavy atom. The minimum atomic E-state index is -0.919. The molecule has 4 fully saturated rings. The van der Waals surface area contributed by atoms with Crippen molar-refractivity contribution in [1.82, 2.24) is 0 Å². The highest BCUT2D eigenvalue weighted by Gasteiger charge is 2.55. The fourth-order valence-corrected chi connectivity index (χ4v) is 6.29. The Morgan fingerprint density at radius 3 is 2.53 bits per heavy atom. The summed E-state index contributed by atoms with van der Waals surface area (Å²) >= 11 is 0. The third-order valence-corrected chi connectivity index (χ3v) is 8.64. The van der Waals surface area contributed by atoms with Gasteiger partial charge in [0, 0.05) is 19.3 Å². The molecule has 2 N–H and O–H groups in total. The van der Waals surface area contributed by atoms with Crippen molar-refractivity contribution < 1.29 is 34.0 Å². The lowest BCUT2D eigenvalue weighted by molar-refractivity contribution is -0.291. The fourth-order valence-electron chi connectivity index (χ4n) is 6.29. The minimum absolute atomic E-state index is 0.0555. The number of aliphatic hydroxyl groups excluding tert-OH is 1. The van der Waals surface area contributed by atoms with Crippen LogP contribution in [0.2, 0.25) is 0 Å². The Labute approximate surface area is 215 Å². The largest absolute Gasteiger partial charge is 0.390 e. The van der Waals surface area contributed by atoms with E-state index in [4.69, 9.17) is 18.9 Å². The molecule has 4 heterocycles. The van der Waals surface area contributed by atoms with Gasteiger partial charge in [-0.3, -0.25) is 4.79 Å². The topological polar surface area (TPSA) is 94.5 Å². The second kappa shape index (κ2) is 11.2. The average molecular weight is 505 g/mol. The number of hydrogen-bond donors (Lipinski definition) is 2. The molecule has 0 aromatic rings. The highest BCUT2D eigenvalue weighted by Crippen LogP contribution is 2.45. The van der Waals surface area contributed by atoms with E-state index in [1.807, 2.05) is 19.1 Å². The van der Waals surface area contributed by atoms with Crippen LogP contribution in [0.1, 0.15) is 78.6 Å². The Hall–Kier alpha value is -1.35. The molecule has 4 rings (SSSR count). The predicted octanol–water partition coefficient (Wildman–Crippen LogP) is 3.96. The summed E-state index contributed by atoms with van der Waals surface area (Å²) < 4.78 is 26.1. The molecular formula is C29H44O7. The zero-order valence-corrected chi connectivity index (χ0v) is 22.1. The predicted molar refractivity (Wildman–Crippen MR) is 137 cm³/mol. The molecule has 10 atom stereocenters. The third-order valence-electron chi connectivity index (χ3n) is 8.64. The monoisotopic (exact) mass is 504 g/mol. The van der Waals surface area contributed by atoms with Crippen LogP contribution < -0.4 is 0 Å². The van der Waals surface area contributed by atoms with Gasteiger partial charge in [-0.2, -0.15) is 0 Å². The van der Waals surface area contributed by atoms with E-state index in [1.54, 1.807) is 6.08 Å². The maximum Gasteiger partial charge on any atom is 0.155 e. The van der Waals surface area contributed by atoms with Crippen molar-refractivity contribution in [3.8, 4) is 0 Å². The van der Waals surface area contributed by atoms with Crippen LogP contribution in [0.25, 0.3) is 0 Å². The summed E-state index contributed by atoms with van der Waals surface area (Å²) in [6.07, 6.45) is 9.09. The van der Waals surface area contributed by atoms with E-state index in [0.29, 0.717) is 37.7 Å². The smallest absolute Gasteiger partial charge is 0.155 e. The van der Waals surface area contributed by atoms with Crippen LogP contribution in [0.3, 0.4) is 0 Å². The number of rotatable bonds is 7. The molecular weight excluding hydrogens is 460 g/mol. The van der Waals surface area contributed by atoms with Gasteiger partial charge in [-0.25, -0.2) is 0 Å². The van der Waals surface area contributed by atoms with E-state index in [-0.39, 0.29) is 42.4 Å². The molecule has 0 unspecified atom stereocenters. The zero-order valence-electron chi connectivity index (χ0n) is 22.1. The second-order valence-electron chi connectivity index (χ2n) is 11.6. The molecule has 0 amide bonds. The number of ketones is 1. The molecule has 4 saturated heterocycles. The van der Waals surface area contributed by atoms with E-state index in [0.717, 1.165) is 25.7 Å². The van der Waals surface area contributed by atoms with Crippen LogP contribution in [0.15, 0.2) is 37.0 Å². The number of fused-ring (bicyclic) bond motifs is 3. The van der Waals surface area contributed by atoms with Gasteiger partial charge in [0.2, 0.25) is 0 Å². The Morgan fingerprint density at radius 2 is 1.81 bits per heavy atom. The number of hydrogen-bond acceptors (Lipinski definition) is 7. The van der Waals surface area contributed by atoms with Gasteiger partial charge in [0.1, 0.15) is 6.10 Å². The average Bonchev–Trinajstić information content (AvgIpc) is 3.02. The Balaban J connectivity index is 1.46. The van der Waals surface area contributed by atoms with Crippen LogP contribution >= 0.6 is 0 Å². The molecule has 0 saturated carbocycles. The summed E-state index contributed by atoms with van der Waals surface area (Å²) in [5, 5.41) is 22.1. The van der Waals surface area contributed by atoms with Crippen molar-refractivity contribution in [2.45, 2.75) is 139 Å². The van der Waals surface area contributed by atoms with Gasteiger partial charge in [-0.05, 0) is 64.9 Å². The molecule has 0 aliphatic carbocycles. The van der Waals surface area contributed by atoms with Crippen LogP contribution in [0.5, 0.6) is 0 Å². The van der Waals surface area contributed by atoms with Crippen molar-refractivity contribution in [3.05, 3.63) is 37.0 Å². The third kappa shape index (κ3) is 6.03. The van der Waals surface area contributed by atoms with Gasteiger partial charge < -0.3 is 29.2 Å². The molecule has 0 aromatic carbocycles. The minimum Gasteiger partial charge on any atom is -0.390 e. The number of carbonyl (C=O) groups excluding carboxylic acids is 1. The van der Waals surface area contributed by atoms with Gasteiger partial charge in [0.25, 0.3) is 0 Å². The summed E-state index contributed by atoms with van der Waals surface area (Å²) in [7, 11) is 0. The summed E-state index contributed by atoms with van der Waals surface area (Å²) in [4.78, 5) is 11.7. The van der Waals surface area contributed by atoms with Crippen molar-refractivity contribution >= 4 is 5.78 Å². The van der Waals surface area contributed by atoms with E-state index in [9.17, 15) is 15.0 Å². The summed E-state index contributed by atoms with van der Waals surface area (Å²) in [5.41, 5.74) is -0.961. The van der Waals surface area contributed by atoms with Gasteiger partial charge in [-0.1, -0.05) is 31.4 Å². The van der Waals surface area contributed by atoms with Crippen LogP contribution in [0.4, 0.5) is 0 Å². The first-order chi connectivity index (χ1) is 17.0. The molecule has 7 heteroatoms. The lowest BCUT2D eigenvalue weighted by atomic mass is 9.81. The number of allylic oxidation sites excluding steroid dienone is 3. The number of ether oxygens (including phenoxy) is 4. The molecule has 4 aliphatic heterocycles. The molecule has 36 heavy (non-hydrogen) atoms. The first-order valence-corrected chi connectivity index (χ1v) is 13.5. The lowest BCUT2D eigenvalue weighted by Crippen LogP contribution is -2.62. The highest BCUT2D eigenvalue weighted by molar-refractivity contribution is 5.92. The SMILES string of the molecule is C=C/C=C\CC[C@H]1O[C@H]2CC[C@@]3(C)O[C@H]4[C@@H](O)C[C@@H](CC(=C)C(C)=O)O[C@@H]4C[C@@H]3O[C@@H]2CC[C@]1(C)O. The summed E-state index contributed by atoms with van der Waals surface area (Å²) in [6, 6.07) is 0. The molecule has 7 nitrogen and oxygen atoms in total. The maximum atomic E-state index is 11.7. The molecule has 4 aliphatic rings. The van der Waals surface area contributed by atoms with Crippen LogP contribution in [0, 0.1) is 0 Å². The summed E-state index contributed by atoms with van der Waals surface area (Å²) in [5.74, 6) is -0.0555. The van der Waals surface area contributed by atoms with Gasteiger partial charge >= 0.3 is 0 Å². The Bertz CT molecular complexity index is 851. The van der Waals surface area contributed by atoms with Gasteiger partial charge in [0.15, 0.2) is 5.78 Å². The normalized spacial score (nSPS) is 45.0. The quantitative estimate of drug-likeness (QED) is 0.400. The number of carbonyl (C=O) groups is 1. The van der Waals surface area contributed by atoms with Crippen LogP contribution in [-0.4, -0.2) is 76.0 Å². The highest BCUT2D eigenvalue weighted by atomic mass is 16.6. The van der Waals surface area contributed by atoms with Gasteiger partial charge in [0.05, 0.1) is 53.9 Å². The van der Waals surface area contributed by atoms with Crippen molar-refractivity contribution in [2.75, 3.05) is 0 Å². The standard InChI is InChI=1S/C29H44O7/c1-6-7-8-9-10-25-28(4,32)13-11-22-23(34-25)12-14-29(5)26(35-22)17-24-27(36-29)21(31)16-20(33-24)15-18(2)19(3)30/h6-8,20-27,31-32H,1-2,9-17H2,3-5H3/b8-7-/t20-,21+,22-,23+,24-,25-,26+,27+,28+,29-/m1/s1. The molecule has 0 bridgehead atoms. The zero-order chi connectivity index (χ0) is 26.1.